The molecule has 130 valence electrons. The van der Waals surface area contributed by atoms with Crippen LogP contribution in [0.5, 0.6) is 0 Å². The molecule has 4 aromatic rings. The number of hydrogen-bond acceptors (Lipinski definition) is 6. The molecule has 1 aromatic carbocycles. The number of aromatic carboxylic acids is 1. The van der Waals surface area contributed by atoms with Crippen LogP contribution in [0.1, 0.15) is 20.0 Å². The Kier molecular flexibility index (Phi) is 4.23. The molecule has 0 aliphatic rings. The molecule has 5 nitrogen and oxygen atoms in total. The number of nitrogens with one attached hydrogen (secondary N) is 1. The number of hydrogen-bond donors (Lipinski definition) is 3. The number of carboxylic acid groups (broad SMARTS) is 1. The lowest BCUT2D eigenvalue weighted by molar-refractivity contribution is 0.0699. The lowest BCUT2D eigenvalue weighted by Crippen LogP contribution is -2.12. The highest BCUT2D eigenvalue weighted by atomic mass is 32.1. The first-order valence-electron chi connectivity index (χ1n) is 7.52. The molecule has 0 saturated heterocycles. The van der Waals surface area contributed by atoms with Crippen molar-refractivity contribution < 1.29 is 14.7 Å². The van der Waals surface area contributed by atoms with E-state index in [9.17, 15) is 14.7 Å². The fourth-order valence-electron chi connectivity index (χ4n) is 2.57. The summed E-state index contributed by atoms with van der Waals surface area (Å²) in [6.07, 6.45) is 0. The number of rotatable bonds is 4. The van der Waals surface area contributed by atoms with Gasteiger partial charge in [-0.05, 0) is 35.2 Å². The second kappa shape index (κ2) is 6.56. The number of benzene rings is 1. The summed E-state index contributed by atoms with van der Waals surface area (Å²) in [7, 11) is 0. The summed E-state index contributed by atoms with van der Waals surface area (Å²) in [5.41, 5.74) is 7.44. The largest absolute Gasteiger partial charge is 0.478 e. The van der Waals surface area contributed by atoms with Crippen LogP contribution >= 0.6 is 34.0 Å². The van der Waals surface area contributed by atoms with Crippen LogP contribution in [-0.4, -0.2) is 17.0 Å². The van der Waals surface area contributed by atoms with E-state index in [1.54, 1.807) is 41.0 Å². The summed E-state index contributed by atoms with van der Waals surface area (Å²) >= 11 is 4.24. The molecule has 0 radical (unpaired) electrons. The van der Waals surface area contributed by atoms with Gasteiger partial charge >= 0.3 is 5.97 Å². The first-order valence-corrected chi connectivity index (χ1v) is 10.1. The third kappa shape index (κ3) is 2.98. The Morgan fingerprint density at radius 1 is 1.04 bits per heavy atom. The average Bonchev–Trinajstić information content (AvgIpc) is 3.29. The zero-order chi connectivity index (χ0) is 18.3. The minimum atomic E-state index is -1.08. The van der Waals surface area contributed by atoms with Gasteiger partial charge < -0.3 is 16.2 Å². The number of anilines is 2. The molecule has 26 heavy (non-hydrogen) atoms. The molecule has 3 heterocycles. The summed E-state index contributed by atoms with van der Waals surface area (Å²) in [5, 5.41) is 16.0. The molecule has 8 heteroatoms. The van der Waals surface area contributed by atoms with E-state index in [2.05, 4.69) is 5.32 Å². The highest BCUT2D eigenvalue weighted by Gasteiger charge is 2.22. The maximum Gasteiger partial charge on any atom is 0.339 e. The van der Waals surface area contributed by atoms with Gasteiger partial charge in [0.15, 0.2) is 0 Å². The van der Waals surface area contributed by atoms with E-state index < -0.39 is 5.97 Å². The van der Waals surface area contributed by atoms with Crippen molar-refractivity contribution in [3.05, 3.63) is 57.6 Å². The second-order valence-electron chi connectivity index (χ2n) is 5.49. The van der Waals surface area contributed by atoms with E-state index >= 15 is 0 Å². The molecule has 0 atom stereocenters. The number of carbonyl (C=O) groups excluding carboxylic acids is 1. The Balaban J connectivity index is 1.68. The highest BCUT2D eigenvalue weighted by molar-refractivity contribution is 7.28. The monoisotopic (exact) mass is 400 g/mol. The standard InChI is InChI=1S/C18H12N2O3S3/c19-10-3-1-9(2-4-10)16-15(18(22)23)11(8-25-16)20-17(21)14-7-13-12(26-14)5-6-24-13/h1-8H,19H2,(H,20,21)(H,22,23). The van der Waals surface area contributed by atoms with Crippen molar-refractivity contribution in [1.82, 2.24) is 0 Å². The molecule has 0 spiro atoms. The Hall–Kier alpha value is -2.68. The first kappa shape index (κ1) is 16.8. The molecule has 0 aliphatic carbocycles. The minimum absolute atomic E-state index is 0.0893. The van der Waals surface area contributed by atoms with E-state index in [1.807, 2.05) is 17.5 Å². The summed E-state index contributed by atoms with van der Waals surface area (Å²) in [6.45, 7) is 0. The number of thiophene rings is 3. The second-order valence-corrected chi connectivity index (χ2v) is 8.41. The summed E-state index contributed by atoms with van der Waals surface area (Å²) < 4.78 is 2.10. The van der Waals surface area contributed by atoms with Gasteiger partial charge in [-0.1, -0.05) is 12.1 Å². The quantitative estimate of drug-likeness (QED) is 0.409. The van der Waals surface area contributed by atoms with Crippen LogP contribution in [-0.2, 0) is 0 Å². The van der Waals surface area contributed by atoms with Crippen molar-refractivity contribution in [3.8, 4) is 10.4 Å². The predicted octanol–water partition coefficient (Wildman–Crippen LogP) is 5.22. The maximum atomic E-state index is 12.5. The molecule has 4 rings (SSSR count). The van der Waals surface area contributed by atoms with Crippen molar-refractivity contribution in [2.24, 2.45) is 0 Å². The van der Waals surface area contributed by atoms with Gasteiger partial charge in [0.2, 0.25) is 0 Å². The van der Waals surface area contributed by atoms with E-state index in [4.69, 9.17) is 5.73 Å². The molecule has 3 aromatic heterocycles. The molecule has 0 bridgehead atoms. The Labute approximate surface area is 160 Å². The lowest BCUT2D eigenvalue weighted by atomic mass is 10.1. The SMILES string of the molecule is Nc1ccc(-c2scc(NC(=O)c3cc4sccc4s3)c2C(=O)O)cc1. The summed E-state index contributed by atoms with van der Waals surface area (Å²) in [6, 6.07) is 10.8. The third-order valence-electron chi connectivity index (χ3n) is 3.79. The normalized spacial score (nSPS) is 10.9. The fourth-order valence-corrected chi connectivity index (χ4v) is 5.57. The van der Waals surface area contributed by atoms with E-state index in [-0.39, 0.29) is 11.5 Å². The third-order valence-corrected chi connectivity index (χ3v) is 6.91. The highest BCUT2D eigenvalue weighted by Crippen LogP contribution is 2.37. The Morgan fingerprint density at radius 3 is 2.50 bits per heavy atom. The van der Waals surface area contributed by atoms with Crippen LogP contribution in [0.25, 0.3) is 19.8 Å². The number of nitrogen functional groups attached to an aromatic ring is 1. The van der Waals surface area contributed by atoms with Crippen molar-refractivity contribution in [2.75, 3.05) is 11.1 Å². The van der Waals surface area contributed by atoms with Gasteiger partial charge in [-0.25, -0.2) is 4.79 Å². The van der Waals surface area contributed by atoms with Crippen LogP contribution in [0, 0.1) is 0 Å². The van der Waals surface area contributed by atoms with E-state index in [0.717, 1.165) is 15.0 Å². The van der Waals surface area contributed by atoms with Crippen molar-refractivity contribution in [1.29, 1.82) is 0 Å². The van der Waals surface area contributed by atoms with Crippen LogP contribution < -0.4 is 11.1 Å². The molecule has 1 amide bonds. The van der Waals surface area contributed by atoms with Crippen LogP contribution in [0.4, 0.5) is 11.4 Å². The first-order chi connectivity index (χ1) is 12.5. The lowest BCUT2D eigenvalue weighted by Gasteiger charge is -2.05. The molecular weight excluding hydrogens is 388 g/mol. The zero-order valence-electron chi connectivity index (χ0n) is 13.2. The van der Waals surface area contributed by atoms with Crippen molar-refractivity contribution in [3.63, 3.8) is 0 Å². The zero-order valence-corrected chi connectivity index (χ0v) is 15.6. The Bertz CT molecular complexity index is 1090. The number of nitrogens with two attached hydrogens (primary N) is 1. The van der Waals surface area contributed by atoms with Gasteiger partial charge in [-0.2, -0.15) is 0 Å². The summed E-state index contributed by atoms with van der Waals surface area (Å²) in [5.74, 6) is -1.39. The molecular formula is C18H12N2O3S3. The molecule has 0 saturated carbocycles. The minimum Gasteiger partial charge on any atom is -0.478 e. The van der Waals surface area contributed by atoms with E-state index in [0.29, 0.717) is 21.1 Å². The van der Waals surface area contributed by atoms with Gasteiger partial charge in [-0.3, -0.25) is 4.79 Å². The molecule has 0 aliphatic heterocycles. The number of carbonyl (C=O) groups is 2. The van der Waals surface area contributed by atoms with Crippen molar-refractivity contribution >= 4 is 66.7 Å². The number of amides is 1. The van der Waals surface area contributed by atoms with Gasteiger partial charge in [0.1, 0.15) is 5.56 Å². The number of fused-ring (bicyclic) bond motifs is 1. The molecule has 0 unspecified atom stereocenters. The molecule has 0 fully saturated rings. The fraction of sp³-hybridized carbons (Fsp3) is 0. The maximum absolute atomic E-state index is 12.5. The van der Waals surface area contributed by atoms with Crippen LogP contribution in [0.2, 0.25) is 0 Å². The smallest absolute Gasteiger partial charge is 0.339 e. The van der Waals surface area contributed by atoms with Gasteiger partial charge in [0.05, 0.1) is 15.4 Å². The van der Waals surface area contributed by atoms with Crippen molar-refractivity contribution in [2.45, 2.75) is 0 Å². The molecule has 4 N–H and O–H groups in total. The summed E-state index contributed by atoms with van der Waals surface area (Å²) in [4.78, 5) is 25.5. The topological polar surface area (TPSA) is 92.4 Å². The van der Waals surface area contributed by atoms with Gasteiger partial charge in [-0.15, -0.1) is 34.0 Å². The van der Waals surface area contributed by atoms with Crippen LogP contribution in [0.3, 0.4) is 0 Å². The predicted molar refractivity (Wildman–Crippen MR) is 109 cm³/mol. The van der Waals surface area contributed by atoms with Crippen LogP contribution in [0.15, 0.2) is 47.2 Å². The number of carboxylic acids is 1. The van der Waals surface area contributed by atoms with Gasteiger partial charge in [0, 0.05) is 20.5 Å². The Morgan fingerprint density at radius 2 is 1.81 bits per heavy atom. The van der Waals surface area contributed by atoms with Gasteiger partial charge in [0.25, 0.3) is 5.91 Å². The van der Waals surface area contributed by atoms with E-state index in [1.165, 1.54) is 22.7 Å². The average molecular weight is 401 g/mol.